The highest BCUT2D eigenvalue weighted by atomic mass is 32.1. The molecule has 3 aromatic heterocycles. The SMILES string of the molecule is O=c1cccnn1C1COCC1Nc1ncnc2ccsc12. The van der Waals surface area contributed by atoms with Gasteiger partial charge in [0.25, 0.3) is 5.56 Å². The molecule has 22 heavy (non-hydrogen) atoms. The van der Waals surface area contributed by atoms with Crippen molar-refractivity contribution >= 4 is 27.4 Å². The van der Waals surface area contributed by atoms with Gasteiger partial charge in [-0.3, -0.25) is 4.79 Å². The topological polar surface area (TPSA) is 81.9 Å². The van der Waals surface area contributed by atoms with Crippen molar-refractivity contribution < 1.29 is 4.74 Å². The van der Waals surface area contributed by atoms with Crippen molar-refractivity contribution in [1.82, 2.24) is 19.7 Å². The van der Waals surface area contributed by atoms with Crippen LogP contribution in [0.25, 0.3) is 10.2 Å². The summed E-state index contributed by atoms with van der Waals surface area (Å²) in [6, 6.07) is 4.88. The molecular weight excluding hydrogens is 302 g/mol. The summed E-state index contributed by atoms with van der Waals surface area (Å²) in [5.41, 5.74) is 0.779. The van der Waals surface area contributed by atoms with Crippen LogP contribution < -0.4 is 10.9 Å². The lowest BCUT2D eigenvalue weighted by atomic mass is 10.1. The normalized spacial score (nSPS) is 21.3. The predicted octanol–water partition coefficient (Wildman–Crippen LogP) is 1.30. The summed E-state index contributed by atoms with van der Waals surface area (Å²) < 4.78 is 8.01. The van der Waals surface area contributed by atoms with Crippen LogP contribution in [0.15, 0.2) is 40.9 Å². The third kappa shape index (κ3) is 2.26. The highest BCUT2D eigenvalue weighted by Gasteiger charge is 2.31. The van der Waals surface area contributed by atoms with Crippen LogP contribution in [0.3, 0.4) is 0 Å². The van der Waals surface area contributed by atoms with Crippen molar-refractivity contribution in [3.8, 4) is 0 Å². The maximum atomic E-state index is 12.0. The molecule has 0 spiro atoms. The minimum absolute atomic E-state index is 0.0622. The molecule has 0 aromatic carbocycles. The van der Waals surface area contributed by atoms with Gasteiger partial charge in [-0.25, -0.2) is 14.6 Å². The highest BCUT2D eigenvalue weighted by Crippen LogP contribution is 2.28. The van der Waals surface area contributed by atoms with Gasteiger partial charge in [-0.05, 0) is 17.5 Å². The van der Waals surface area contributed by atoms with E-state index in [4.69, 9.17) is 4.74 Å². The lowest BCUT2D eigenvalue weighted by molar-refractivity contribution is 0.182. The number of fused-ring (bicyclic) bond motifs is 1. The Hall–Kier alpha value is -2.32. The van der Waals surface area contributed by atoms with Crippen LogP contribution in [-0.2, 0) is 4.74 Å². The van der Waals surface area contributed by atoms with E-state index in [1.165, 1.54) is 17.1 Å². The Morgan fingerprint density at radius 2 is 2.27 bits per heavy atom. The molecule has 2 unspecified atom stereocenters. The Morgan fingerprint density at radius 3 is 3.18 bits per heavy atom. The third-order valence-corrected chi connectivity index (χ3v) is 4.58. The fourth-order valence-electron chi connectivity index (χ4n) is 2.61. The van der Waals surface area contributed by atoms with Gasteiger partial charge in [-0.15, -0.1) is 11.3 Å². The minimum Gasteiger partial charge on any atom is -0.377 e. The smallest absolute Gasteiger partial charge is 0.267 e. The van der Waals surface area contributed by atoms with E-state index in [-0.39, 0.29) is 17.6 Å². The molecular formula is C14H13N5O2S. The molecule has 1 fully saturated rings. The van der Waals surface area contributed by atoms with Crippen LogP contribution in [0.1, 0.15) is 6.04 Å². The van der Waals surface area contributed by atoms with Gasteiger partial charge >= 0.3 is 0 Å². The summed E-state index contributed by atoms with van der Waals surface area (Å²) >= 11 is 1.59. The zero-order valence-corrected chi connectivity index (χ0v) is 12.4. The molecule has 3 aromatic rings. The molecule has 0 aliphatic carbocycles. The van der Waals surface area contributed by atoms with Gasteiger partial charge in [0.1, 0.15) is 18.2 Å². The molecule has 1 aliphatic heterocycles. The second kappa shape index (κ2) is 5.47. The van der Waals surface area contributed by atoms with Crippen LogP contribution in [0, 0.1) is 0 Å². The predicted molar refractivity (Wildman–Crippen MR) is 83.2 cm³/mol. The van der Waals surface area contributed by atoms with Crippen LogP contribution in [-0.4, -0.2) is 39.0 Å². The maximum Gasteiger partial charge on any atom is 0.267 e. The quantitative estimate of drug-likeness (QED) is 0.784. The van der Waals surface area contributed by atoms with Gasteiger partial charge in [-0.1, -0.05) is 0 Å². The van der Waals surface area contributed by atoms with E-state index in [2.05, 4.69) is 20.4 Å². The van der Waals surface area contributed by atoms with Crippen molar-refractivity contribution in [3.63, 3.8) is 0 Å². The summed E-state index contributed by atoms with van der Waals surface area (Å²) in [6.07, 6.45) is 3.15. The second-order valence-electron chi connectivity index (χ2n) is 5.02. The van der Waals surface area contributed by atoms with Gasteiger partial charge in [0.05, 0.1) is 29.5 Å². The zero-order valence-electron chi connectivity index (χ0n) is 11.5. The number of nitrogens with zero attached hydrogens (tertiary/aromatic N) is 4. The first kappa shape index (κ1) is 13.4. The van der Waals surface area contributed by atoms with Crippen molar-refractivity contribution in [2.75, 3.05) is 18.5 Å². The molecule has 4 heterocycles. The Bertz CT molecular complexity index is 861. The van der Waals surface area contributed by atoms with Crippen LogP contribution in [0.2, 0.25) is 0 Å². The van der Waals surface area contributed by atoms with Gasteiger partial charge in [0, 0.05) is 12.3 Å². The number of rotatable bonds is 3. The van der Waals surface area contributed by atoms with Gasteiger partial charge in [0.2, 0.25) is 0 Å². The fraction of sp³-hybridized carbons (Fsp3) is 0.286. The molecule has 112 valence electrons. The first-order valence-corrected chi connectivity index (χ1v) is 7.77. The van der Waals surface area contributed by atoms with E-state index in [0.29, 0.717) is 13.2 Å². The Labute approximate surface area is 129 Å². The molecule has 2 atom stereocenters. The van der Waals surface area contributed by atoms with Gasteiger partial charge < -0.3 is 10.1 Å². The van der Waals surface area contributed by atoms with E-state index < -0.39 is 0 Å². The van der Waals surface area contributed by atoms with Crippen LogP contribution >= 0.6 is 11.3 Å². The average Bonchev–Trinajstić information content (AvgIpc) is 3.17. The molecule has 7 nitrogen and oxygen atoms in total. The monoisotopic (exact) mass is 315 g/mol. The van der Waals surface area contributed by atoms with Gasteiger partial charge in [0.15, 0.2) is 0 Å². The Kier molecular flexibility index (Phi) is 3.32. The van der Waals surface area contributed by atoms with E-state index in [1.54, 1.807) is 23.6 Å². The average molecular weight is 315 g/mol. The van der Waals surface area contributed by atoms with E-state index in [0.717, 1.165) is 16.0 Å². The Morgan fingerprint density at radius 1 is 1.32 bits per heavy atom. The summed E-state index contributed by atoms with van der Waals surface area (Å²) in [6.45, 7) is 0.956. The highest BCUT2D eigenvalue weighted by molar-refractivity contribution is 7.17. The maximum absolute atomic E-state index is 12.0. The fourth-order valence-corrected chi connectivity index (χ4v) is 3.40. The number of thiophene rings is 1. The number of aromatic nitrogens is 4. The van der Waals surface area contributed by atoms with Crippen molar-refractivity contribution in [1.29, 1.82) is 0 Å². The van der Waals surface area contributed by atoms with Crippen LogP contribution in [0.5, 0.6) is 0 Å². The summed E-state index contributed by atoms with van der Waals surface area (Å²) in [5.74, 6) is 0.768. The second-order valence-corrected chi connectivity index (χ2v) is 5.94. The molecule has 4 rings (SSSR count). The molecule has 0 saturated carbocycles. The minimum atomic E-state index is -0.154. The standard InChI is InChI=1S/C14H13N5O2S/c20-12-2-1-4-17-19(12)11-7-21-6-10(11)18-14-13-9(3-5-22-13)15-8-16-14/h1-5,8,10-11H,6-7H2,(H,15,16,18). The van der Waals surface area contributed by atoms with Crippen molar-refractivity contribution in [2.45, 2.75) is 12.1 Å². The summed E-state index contributed by atoms with van der Waals surface area (Å²) in [7, 11) is 0. The lowest BCUT2D eigenvalue weighted by Gasteiger charge is -2.20. The third-order valence-electron chi connectivity index (χ3n) is 3.67. The lowest BCUT2D eigenvalue weighted by Crippen LogP contribution is -2.37. The first-order chi connectivity index (χ1) is 10.8. The molecule has 1 saturated heterocycles. The number of anilines is 1. The molecule has 1 aliphatic rings. The van der Waals surface area contributed by atoms with E-state index >= 15 is 0 Å². The molecule has 1 N–H and O–H groups in total. The van der Waals surface area contributed by atoms with Gasteiger partial charge in [-0.2, -0.15) is 5.10 Å². The molecule has 0 radical (unpaired) electrons. The van der Waals surface area contributed by atoms with Crippen molar-refractivity contribution in [2.24, 2.45) is 0 Å². The Balaban J connectivity index is 1.66. The summed E-state index contributed by atoms with van der Waals surface area (Å²) in [4.78, 5) is 20.5. The van der Waals surface area contributed by atoms with E-state index in [9.17, 15) is 4.79 Å². The number of nitrogens with one attached hydrogen (secondary N) is 1. The number of hydrogen-bond acceptors (Lipinski definition) is 7. The largest absolute Gasteiger partial charge is 0.377 e. The number of hydrogen-bond donors (Lipinski definition) is 1. The summed E-state index contributed by atoms with van der Waals surface area (Å²) in [5, 5.41) is 9.52. The first-order valence-electron chi connectivity index (χ1n) is 6.89. The molecule has 0 amide bonds. The zero-order chi connectivity index (χ0) is 14.9. The van der Waals surface area contributed by atoms with E-state index in [1.807, 2.05) is 11.4 Å². The van der Waals surface area contributed by atoms with Crippen molar-refractivity contribution in [3.05, 3.63) is 46.5 Å². The molecule has 8 heteroatoms. The molecule has 0 bridgehead atoms. The van der Waals surface area contributed by atoms with Crippen LogP contribution in [0.4, 0.5) is 5.82 Å². The number of ether oxygens (including phenoxy) is 1.